The Labute approximate surface area is 87.0 Å². The molecule has 0 saturated carbocycles. The van der Waals surface area contributed by atoms with E-state index in [0.29, 0.717) is 24.2 Å². The molecule has 2 heteroatoms. The molecule has 2 atom stereocenters. The van der Waals surface area contributed by atoms with E-state index < -0.39 is 0 Å². The zero-order valence-corrected chi connectivity index (χ0v) is 9.75. The van der Waals surface area contributed by atoms with Crippen molar-refractivity contribution in [3.63, 3.8) is 0 Å². The second-order valence-corrected chi connectivity index (χ2v) is 4.97. The average molecular weight is 198 g/mol. The molecule has 2 nitrogen and oxygen atoms in total. The van der Waals surface area contributed by atoms with Crippen molar-refractivity contribution in [2.24, 2.45) is 23.7 Å². The molecule has 0 radical (unpaired) electrons. The molecule has 0 aromatic rings. The summed E-state index contributed by atoms with van der Waals surface area (Å²) in [6.07, 6.45) is 0.903. The van der Waals surface area contributed by atoms with E-state index in [1.165, 1.54) is 0 Å². The Morgan fingerprint density at radius 3 is 2.21 bits per heavy atom. The van der Waals surface area contributed by atoms with E-state index in [0.717, 1.165) is 13.0 Å². The molecule has 0 N–H and O–H groups in total. The predicted octanol–water partition coefficient (Wildman–Crippen LogP) is 2.52. The van der Waals surface area contributed by atoms with E-state index in [9.17, 15) is 4.79 Å². The van der Waals surface area contributed by atoms with Gasteiger partial charge in [-0.3, -0.25) is 4.79 Å². The SMILES string of the molecule is CC(C)C1CCOCC(C(C)C)C1=O. The highest BCUT2D eigenvalue weighted by Crippen LogP contribution is 2.27. The first-order valence-corrected chi connectivity index (χ1v) is 5.65. The van der Waals surface area contributed by atoms with Crippen LogP contribution in [0.5, 0.6) is 0 Å². The number of Topliss-reactive ketones (excluding diaryl/α,β-unsaturated/α-hetero) is 1. The van der Waals surface area contributed by atoms with Crippen molar-refractivity contribution in [1.82, 2.24) is 0 Å². The topological polar surface area (TPSA) is 26.3 Å². The summed E-state index contributed by atoms with van der Waals surface area (Å²) in [5.41, 5.74) is 0. The van der Waals surface area contributed by atoms with Crippen LogP contribution >= 0.6 is 0 Å². The van der Waals surface area contributed by atoms with Gasteiger partial charge in [-0.2, -0.15) is 0 Å². The minimum Gasteiger partial charge on any atom is -0.381 e. The first-order valence-electron chi connectivity index (χ1n) is 5.65. The van der Waals surface area contributed by atoms with Crippen molar-refractivity contribution in [3.8, 4) is 0 Å². The number of hydrogen-bond acceptors (Lipinski definition) is 2. The maximum absolute atomic E-state index is 12.1. The summed E-state index contributed by atoms with van der Waals surface area (Å²) in [6, 6.07) is 0. The number of carbonyl (C=O) groups excluding carboxylic acids is 1. The third-order valence-electron chi connectivity index (χ3n) is 3.21. The Morgan fingerprint density at radius 2 is 1.71 bits per heavy atom. The second kappa shape index (κ2) is 4.92. The molecule has 0 aromatic heterocycles. The van der Waals surface area contributed by atoms with E-state index in [4.69, 9.17) is 4.74 Å². The van der Waals surface area contributed by atoms with Crippen molar-refractivity contribution in [1.29, 1.82) is 0 Å². The fraction of sp³-hybridized carbons (Fsp3) is 0.917. The van der Waals surface area contributed by atoms with Gasteiger partial charge in [0.15, 0.2) is 0 Å². The van der Waals surface area contributed by atoms with Crippen LogP contribution in [0.1, 0.15) is 34.1 Å². The van der Waals surface area contributed by atoms with Gasteiger partial charge >= 0.3 is 0 Å². The fourth-order valence-corrected chi connectivity index (χ4v) is 2.10. The molecule has 0 bridgehead atoms. The third-order valence-corrected chi connectivity index (χ3v) is 3.21. The van der Waals surface area contributed by atoms with E-state index in [1.54, 1.807) is 0 Å². The molecular weight excluding hydrogens is 176 g/mol. The molecule has 1 rings (SSSR count). The van der Waals surface area contributed by atoms with Crippen LogP contribution in [0.3, 0.4) is 0 Å². The summed E-state index contributed by atoms with van der Waals surface area (Å²) < 4.78 is 5.50. The molecule has 1 saturated heterocycles. The second-order valence-electron chi connectivity index (χ2n) is 4.97. The quantitative estimate of drug-likeness (QED) is 0.681. The highest BCUT2D eigenvalue weighted by molar-refractivity contribution is 5.84. The lowest BCUT2D eigenvalue weighted by molar-refractivity contribution is -0.129. The molecule has 2 unspecified atom stereocenters. The maximum Gasteiger partial charge on any atom is 0.141 e. The Morgan fingerprint density at radius 1 is 1.14 bits per heavy atom. The van der Waals surface area contributed by atoms with Crippen LogP contribution in [0.15, 0.2) is 0 Å². The van der Waals surface area contributed by atoms with Crippen LogP contribution in [0.25, 0.3) is 0 Å². The van der Waals surface area contributed by atoms with Crippen molar-refractivity contribution >= 4 is 5.78 Å². The number of ketones is 1. The summed E-state index contributed by atoms with van der Waals surface area (Å²) >= 11 is 0. The molecule has 0 amide bonds. The van der Waals surface area contributed by atoms with Gasteiger partial charge in [0, 0.05) is 18.4 Å². The van der Waals surface area contributed by atoms with Gasteiger partial charge in [-0.1, -0.05) is 27.7 Å². The monoisotopic (exact) mass is 198 g/mol. The number of rotatable bonds is 2. The third kappa shape index (κ3) is 2.57. The van der Waals surface area contributed by atoms with Gasteiger partial charge < -0.3 is 4.74 Å². The van der Waals surface area contributed by atoms with Crippen LogP contribution in [0, 0.1) is 23.7 Å². The van der Waals surface area contributed by atoms with Crippen molar-refractivity contribution < 1.29 is 9.53 Å². The van der Waals surface area contributed by atoms with Gasteiger partial charge in [-0.15, -0.1) is 0 Å². The Balaban J connectivity index is 2.74. The van der Waals surface area contributed by atoms with Gasteiger partial charge in [0.05, 0.1) is 6.61 Å². The molecule has 1 fully saturated rings. The largest absolute Gasteiger partial charge is 0.381 e. The highest BCUT2D eigenvalue weighted by Gasteiger charge is 2.33. The summed E-state index contributed by atoms with van der Waals surface area (Å²) in [7, 11) is 0. The first-order chi connectivity index (χ1) is 6.54. The molecule has 82 valence electrons. The minimum atomic E-state index is 0.116. The molecule has 0 aromatic carbocycles. The molecule has 1 heterocycles. The molecule has 14 heavy (non-hydrogen) atoms. The Bertz CT molecular complexity index is 176. The van der Waals surface area contributed by atoms with Gasteiger partial charge in [0.25, 0.3) is 0 Å². The van der Waals surface area contributed by atoms with Crippen molar-refractivity contribution in [2.45, 2.75) is 34.1 Å². The Hall–Kier alpha value is -0.370. The smallest absolute Gasteiger partial charge is 0.141 e. The van der Waals surface area contributed by atoms with Crippen LogP contribution in [0.4, 0.5) is 0 Å². The zero-order valence-electron chi connectivity index (χ0n) is 9.75. The van der Waals surface area contributed by atoms with Gasteiger partial charge in [0.2, 0.25) is 0 Å². The van der Waals surface area contributed by atoms with Crippen LogP contribution in [0.2, 0.25) is 0 Å². The molecular formula is C12H22O2. The number of ether oxygens (including phenoxy) is 1. The summed E-state index contributed by atoms with van der Waals surface area (Å²) in [5.74, 6) is 1.61. The molecule has 1 aliphatic rings. The lowest BCUT2D eigenvalue weighted by atomic mass is 9.80. The van der Waals surface area contributed by atoms with Gasteiger partial charge in [0.1, 0.15) is 5.78 Å². The minimum absolute atomic E-state index is 0.116. The normalized spacial score (nSPS) is 29.7. The van der Waals surface area contributed by atoms with Crippen LogP contribution < -0.4 is 0 Å². The standard InChI is InChI=1S/C12H22O2/c1-8(2)10-5-6-14-7-11(9(3)4)12(10)13/h8-11H,5-7H2,1-4H3. The maximum atomic E-state index is 12.1. The zero-order chi connectivity index (χ0) is 10.7. The Kier molecular flexibility index (Phi) is 4.11. The van der Waals surface area contributed by atoms with E-state index in [-0.39, 0.29) is 11.8 Å². The van der Waals surface area contributed by atoms with Gasteiger partial charge in [-0.25, -0.2) is 0 Å². The molecule has 0 aliphatic carbocycles. The van der Waals surface area contributed by atoms with Gasteiger partial charge in [-0.05, 0) is 18.3 Å². The van der Waals surface area contributed by atoms with E-state index >= 15 is 0 Å². The van der Waals surface area contributed by atoms with Crippen molar-refractivity contribution in [2.75, 3.05) is 13.2 Å². The number of hydrogen-bond donors (Lipinski definition) is 0. The predicted molar refractivity (Wildman–Crippen MR) is 57.1 cm³/mol. The van der Waals surface area contributed by atoms with Crippen LogP contribution in [-0.2, 0) is 9.53 Å². The summed E-state index contributed by atoms with van der Waals surface area (Å²) in [6.45, 7) is 9.84. The lowest BCUT2D eigenvalue weighted by Gasteiger charge is -2.23. The molecule has 0 spiro atoms. The summed E-state index contributed by atoms with van der Waals surface area (Å²) in [4.78, 5) is 12.1. The lowest BCUT2D eigenvalue weighted by Crippen LogP contribution is -2.30. The fourth-order valence-electron chi connectivity index (χ4n) is 2.10. The number of carbonyl (C=O) groups is 1. The summed E-state index contributed by atoms with van der Waals surface area (Å²) in [5, 5.41) is 0. The first kappa shape index (κ1) is 11.7. The van der Waals surface area contributed by atoms with Crippen molar-refractivity contribution in [3.05, 3.63) is 0 Å². The van der Waals surface area contributed by atoms with E-state index in [1.807, 2.05) is 0 Å². The highest BCUT2D eigenvalue weighted by atomic mass is 16.5. The molecule has 1 aliphatic heterocycles. The van der Waals surface area contributed by atoms with Crippen LogP contribution in [-0.4, -0.2) is 19.0 Å². The van der Waals surface area contributed by atoms with E-state index in [2.05, 4.69) is 27.7 Å². The average Bonchev–Trinajstić information content (AvgIpc) is 2.26.